The number of rotatable bonds is 6. The molecule has 0 radical (unpaired) electrons. The van der Waals surface area contributed by atoms with E-state index in [1.165, 1.54) is 29.8 Å². The molecule has 1 saturated carbocycles. The van der Waals surface area contributed by atoms with Crippen molar-refractivity contribution in [2.75, 3.05) is 15.9 Å². The summed E-state index contributed by atoms with van der Waals surface area (Å²) in [6.07, 6.45) is 5.41. The van der Waals surface area contributed by atoms with Gasteiger partial charge in [0.25, 0.3) is 0 Å². The van der Waals surface area contributed by atoms with Crippen LogP contribution in [0, 0.1) is 20.8 Å². The number of nitrogens with one attached hydrogen (secondary N) is 2. The van der Waals surface area contributed by atoms with E-state index in [1.54, 1.807) is 6.07 Å². The van der Waals surface area contributed by atoms with Crippen molar-refractivity contribution < 1.29 is 8.42 Å². The monoisotopic (exact) mass is 495 g/mol. The van der Waals surface area contributed by atoms with E-state index in [1.807, 2.05) is 43.5 Å². The fourth-order valence-electron chi connectivity index (χ4n) is 5.06. The molecule has 0 spiro atoms. The minimum absolute atomic E-state index is 0.0887. The molecule has 178 valence electrons. The van der Waals surface area contributed by atoms with Crippen molar-refractivity contribution in [1.29, 1.82) is 0 Å². The summed E-state index contributed by atoms with van der Waals surface area (Å²) < 4.78 is 28.5. The van der Waals surface area contributed by atoms with E-state index in [0.29, 0.717) is 16.8 Å². The van der Waals surface area contributed by atoms with Gasteiger partial charge >= 0.3 is 0 Å². The maximum atomic E-state index is 11.8. The standard InChI is InChI=1S/C25H29N5O2S2/c1-15-13-19(10-11-21(15)28-34(4,31)32)30-24(20-14-16(2)29(17(20)3)18-8-9-18)23(27-25(30)33)22-7-5-6-12-26-22/h5-7,10-14,18,23-24,28H,8-9H2,1-4H3,(H,27,33)/t23-,24+/m0/s1. The van der Waals surface area contributed by atoms with Crippen LogP contribution in [0.2, 0.25) is 0 Å². The number of hydrogen-bond donors (Lipinski definition) is 2. The molecule has 0 unspecified atom stereocenters. The Morgan fingerprint density at radius 1 is 1.12 bits per heavy atom. The van der Waals surface area contributed by atoms with Crippen LogP contribution in [0.5, 0.6) is 0 Å². The van der Waals surface area contributed by atoms with Crippen LogP contribution in [-0.4, -0.2) is 29.3 Å². The van der Waals surface area contributed by atoms with E-state index in [4.69, 9.17) is 12.2 Å². The minimum atomic E-state index is -3.36. The van der Waals surface area contributed by atoms with Gasteiger partial charge < -0.3 is 14.8 Å². The van der Waals surface area contributed by atoms with Crippen molar-refractivity contribution in [3.63, 3.8) is 0 Å². The van der Waals surface area contributed by atoms with Gasteiger partial charge in [0.05, 0.1) is 29.7 Å². The number of benzene rings is 1. The van der Waals surface area contributed by atoms with Crippen LogP contribution < -0.4 is 14.9 Å². The van der Waals surface area contributed by atoms with E-state index >= 15 is 0 Å². The number of sulfonamides is 1. The van der Waals surface area contributed by atoms with Gasteiger partial charge in [0.15, 0.2) is 5.11 Å². The highest BCUT2D eigenvalue weighted by molar-refractivity contribution is 7.92. The third-order valence-corrected chi connectivity index (χ3v) is 7.54. The second-order valence-electron chi connectivity index (χ2n) is 9.30. The van der Waals surface area contributed by atoms with Crippen LogP contribution in [0.3, 0.4) is 0 Å². The molecule has 9 heteroatoms. The van der Waals surface area contributed by atoms with Crippen molar-refractivity contribution in [2.45, 2.75) is 51.7 Å². The molecule has 3 heterocycles. The number of aryl methyl sites for hydroxylation is 2. The molecular weight excluding hydrogens is 466 g/mol. The molecule has 2 fully saturated rings. The Labute approximate surface area is 206 Å². The Morgan fingerprint density at radius 3 is 2.50 bits per heavy atom. The zero-order valence-electron chi connectivity index (χ0n) is 19.7. The molecular formula is C25H29N5O2S2. The first-order valence-electron chi connectivity index (χ1n) is 11.4. The average Bonchev–Trinajstić information content (AvgIpc) is 3.48. The van der Waals surface area contributed by atoms with Crippen LogP contribution >= 0.6 is 12.2 Å². The lowest BCUT2D eigenvalue weighted by atomic mass is 9.96. The first kappa shape index (κ1) is 22.9. The Bertz CT molecular complexity index is 1360. The third kappa shape index (κ3) is 4.18. The van der Waals surface area contributed by atoms with E-state index < -0.39 is 10.0 Å². The summed E-state index contributed by atoms with van der Waals surface area (Å²) in [6.45, 7) is 6.26. The zero-order valence-corrected chi connectivity index (χ0v) is 21.4. The Kier molecular flexibility index (Phi) is 5.64. The van der Waals surface area contributed by atoms with Gasteiger partial charge in [-0.05, 0) is 93.4 Å². The fraction of sp³-hybridized carbons (Fsp3) is 0.360. The second-order valence-corrected chi connectivity index (χ2v) is 11.4. The Balaban J connectivity index is 1.62. The number of aromatic nitrogens is 2. The second kappa shape index (κ2) is 8.39. The van der Waals surface area contributed by atoms with Crippen LogP contribution in [0.1, 0.15) is 59.2 Å². The maximum Gasteiger partial charge on any atom is 0.229 e. The van der Waals surface area contributed by atoms with Gasteiger partial charge in [-0.2, -0.15) is 0 Å². The summed E-state index contributed by atoms with van der Waals surface area (Å²) in [7, 11) is -3.36. The Morgan fingerprint density at radius 2 is 1.88 bits per heavy atom. The smallest absolute Gasteiger partial charge is 0.229 e. The summed E-state index contributed by atoms with van der Waals surface area (Å²) in [5.74, 6) is 0. The third-order valence-electron chi connectivity index (χ3n) is 6.64. The summed E-state index contributed by atoms with van der Waals surface area (Å²) in [4.78, 5) is 6.79. The van der Waals surface area contributed by atoms with Crippen molar-refractivity contribution in [3.05, 3.63) is 76.9 Å². The molecule has 2 N–H and O–H groups in total. The quantitative estimate of drug-likeness (QED) is 0.483. The predicted octanol–water partition coefficient (Wildman–Crippen LogP) is 4.69. The van der Waals surface area contributed by atoms with E-state index in [2.05, 4.69) is 44.4 Å². The number of anilines is 2. The average molecular weight is 496 g/mol. The zero-order chi connectivity index (χ0) is 24.2. The molecule has 0 amide bonds. The normalized spacial score (nSPS) is 20.5. The summed E-state index contributed by atoms with van der Waals surface area (Å²) in [6, 6.07) is 14.3. The Hall–Kier alpha value is -2.91. The molecule has 2 aliphatic rings. The topological polar surface area (TPSA) is 79.3 Å². The molecule has 1 aliphatic carbocycles. The summed E-state index contributed by atoms with van der Waals surface area (Å²) in [5, 5.41) is 4.14. The molecule has 5 rings (SSSR count). The van der Waals surface area contributed by atoms with Gasteiger partial charge in [0.2, 0.25) is 10.0 Å². The fourth-order valence-corrected chi connectivity index (χ4v) is 6.03. The lowest BCUT2D eigenvalue weighted by Crippen LogP contribution is -2.29. The van der Waals surface area contributed by atoms with E-state index in [9.17, 15) is 8.42 Å². The number of hydrogen-bond acceptors (Lipinski definition) is 4. The number of nitrogens with zero attached hydrogens (tertiary/aromatic N) is 3. The maximum absolute atomic E-state index is 11.8. The van der Waals surface area contributed by atoms with Crippen LogP contribution in [0.25, 0.3) is 0 Å². The highest BCUT2D eigenvalue weighted by Gasteiger charge is 2.43. The summed E-state index contributed by atoms with van der Waals surface area (Å²) in [5.41, 5.74) is 6.98. The van der Waals surface area contributed by atoms with E-state index in [-0.39, 0.29) is 12.1 Å². The lowest BCUT2D eigenvalue weighted by Gasteiger charge is -2.29. The molecule has 0 bridgehead atoms. The highest BCUT2D eigenvalue weighted by atomic mass is 32.2. The number of pyridine rings is 1. The van der Waals surface area contributed by atoms with Gasteiger partial charge in [0, 0.05) is 29.3 Å². The van der Waals surface area contributed by atoms with Gasteiger partial charge in [-0.25, -0.2) is 8.42 Å². The van der Waals surface area contributed by atoms with Gasteiger partial charge in [-0.3, -0.25) is 9.71 Å². The van der Waals surface area contributed by atoms with Gasteiger partial charge in [-0.15, -0.1) is 0 Å². The van der Waals surface area contributed by atoms with Crippen LogP contribution in [-0.2, 0) is 10.0 Å². The first-order valence-corrected chi connectivity index (χ1v) is 13.7. The van der Waals surface area contributed by atoms with Gasteiger partial charge in [-0.1, -0.05) is 6.07 Å². The minimum Gasteiger partial charge on any atom is -0.351 e. The largest absolute Gasteiger partial charge is 0.351 e. The number of thiocarbonyl (C=S) groups is 1. The molecule has 2 aromatic heterocycles. The molecule has 1 aliphatic heterocycles. The molecule has 7 nitrogen and oxygen atoms in total. The first-order chi connectivity index (χ1) is 16.1. The van der Waals surface area contributed by atoms with Crippen LogP contribution in [0.15, 0.2) is 48.7 Å². The highest BCUT2D eigenvalue weighted by Crippen LogP contribution is 2.46. The van der Waals surface area contributed by atoms with Crippen molar-refractivity contribution in [1.82, 2.24) is 14.9 Å². The molecule has 2 atom stereocenters. The van der Waals surface area contributed by atoms with Crippen LogP contribution in [0.4, 0.5) is 11.4 Å². The van der Waals surface area contributed by atoms with Crippen molar-refractivity contribution in [3.8, 4) is 0 Å². The SMILES string of the molecule is Cc1cc(N2C(=S)N[C@@H](c3ccccn3)[C@H]2c2cc(C)n(C3CC3)c2C)ccc1NS(C)(=O)=O. The molecule has 1 saturated heterocycles. The summed E-state index contributed by atoms with van der Waals surface area (Å²) >= 11 is 5.86. The molecule has 3 aromatic rings. The van der Waals surface area contributed by atoms with Crippen molar-refractivity contribution >= 4 is 38.7 Å². The van der Waals surface area contributed by atoms with E-state index in [0.717, 1.165) is 23.2 Å². The lowest BCUT2D eigenvalue weighted by molar-refractivity contribution is 0.562. The predicted molar refractivity (Wildman–Crippen MR) is 140 cm³/mol. The molecule has 1 aromatic carbocycles. The van der Waals surface area contributed by atoms with Gasteiger partial charge in [0.1, 0.15) is 0 Å². The van der Waals surface area contributed by atoms with Crippen molar-refractivity contribution in [2.24, 2.45) is 0 Å². The molecule has 34 heavy (non-hydrogen) atoms.